The Morgan fingerprint density at radius 1 is 0.393 bits per heavy atom. The molecule has 0 aromatic heterocycles. The van der Waals surface area contributed by atoms with Gasteiger partial charge in [0.15, 0.2) is 0 Å². The van der Waals surface area contributed by atoms with Crippen molar-refractivity contribution in [2.24, 2.45) is 0 Å². The molecule has 0 amide bonds. The van der Waals surface area contributed by atoms with Crippen LogP contribution in [0.5, 0.6) is 0 Å². The Balaban J connectivity index is 3.55. The van der Waals surface area contributed by atoms with Gasteiger partial charge in [-0.15, -0.1) is 0 Å². The van der Waals surface area contributed by atoms with E-state index in [1.54, 1.807) is 0 Å². The summed E-state index contributed by atoms with van der Waals surface area (Å²) in [5.41, 5.74) is 0. The van der Waals surface area contributed by atoms with Crippen LogP contribution in [0.3, 0.4) is 0 Å². The van der Waals surface area contributed by atoms with Crippen LogP contribution >= 0.6 is 0 Å². The van der Waals surface area contributed by atoms with Crippen molar-refractivity contribution >= 4 is 0 Å². The molecule has 1 heteroatoms. The lowest BCUT2D eigenvalue weighted by atomic mass is 10.0. The average molecular weight is 397 g/mol. The number of hydrogen-bond acceptors (Lipinski definition) is 0. The Labute approximate surface area is 180 Å². The zero-order valence-corrected chi connectivity index (χ0v) is 21.2. The monoisotopic (exact) mass is 396 g/mol. The van der Waals surface area contributed by atoms with E-state index in [-0.39, 0.29) is 0 Å². The summed E-state index contributed by atoms with van der Waals surface area (Å²) in [6.45, 7) is 18.2. The van der Waals surface area contributed by atoms with E-state index in [0.29, 0.717) is 0 Å². The standard InChI is InChI=1S/C27H58N/c1-8-9-10-11-12-13-14-15-16-17-18-19-20-21-22-23-24-28(25(2)3,26(4)5)27(6)7/h25-27H,8-24H2,1-7H3/q+1. The first-order chi connectivity index (χ1) is 13.4. The first-order valence-corrected chi connectivity index (χ1v) is 13.3. The van der Waals surface area contributed by atoms with Gasteiger partial charge in [0.2, 0.25) is 0 Å². The van der Waals surface area contributed by atoms with Gasteiger partial charge in [-0.3, -0.25) is 0 Å². The van der Waals surface area contributed by atoms with Crippen LogP contribution < -0.4 is 0 Å². The van der Waals surface area contributed by atoms with Gasteiger partial charge in [0.05, 0.1) is 24.7 Å². The summed E-state index contributed by atoms with van der Waals surface area (Å²) >= 11 is 0. The molecule has 0 radical (unpaired) electrons. The first-order valence-electron chi connectivity index (χ1n) is 13.3. The van der Waals surface area contributed by atoms with Gasteiger partial charge in [-0.2, -0.15) is 0 Å². The lowest BCUT2D eigenvalue weighted by Crippen LogP contribution is -2.62. The van der Waals surface area contributed by atoms with E-state index < -0.39 is 0 Å². The Kier molecular flexibility index (Phi) is 17.8. The highest BCUT2D eigenvalue weighted by atomic mass is 15.4. The number of hydrogen-bond donors (Lipinski definition) is 0. The van der Waals surface area contributed by atoms with Crippen LogP contribution in [0.1, 0.15) is 151 Å². The van der Waals surface area contributed by atoms with Gasteiger partial charge in [0.1, 0.15) is 0 Å². The van der Waals surface area contributed by atoms with Gasteiger partial charge in [0, 0.05) is 0 Å². The van der Waals surface area contributed by atoms with Crippen LogP contribution in [0.4, 0.5) is 0 Å². The quantitative estimate of drug-likeness (QED) is 0.142. The molecule has 28 heavy (non-hydrogen) atoms. The number of nitrogens with zero attached hydrogens (tertiary/aromatic N) is 1. The first kappa shape index (κ1) is 28.0. The molecule has 0 N–H and O–H groups in total. The summed E-state index contributed by atoms with van der Waals surface area (Å²) in [4.78, 5) is 0. The van der Waals surface area contributed by atoms with E-state index in [9.17, 15) is 0 Å². The third-order valence-corrected chi connectivity index (χ3v) is 7.28. The van der Waals surface area contributed by atoms with E-state index in [2.05, 4.69) is 48.5 Å². The van der Waals surface area contributed by atoms with E-state index in [1.807, 2.05) is 0 Å². The molecule has 0 aromatic rings. The minimum absolute atomic E-state index is 0.733. The van der Waals surface area contributed by atoms with Crippen LogP contribution in [-0.2, 0) is 0 Å². The minimum atomic E-state index is 0.733. The van der Waals surface area contributed by atoms with Crippen molar-refractivity contribution in [3.63, 3.8) is 0 Å². The Morgan fingerprint density at radius 3 is 0.893 bits per heavy atom. The average Bonchev–Trinajstić information content (AvgIpc) is 2.63. The van der Waals surface area contributed by atoms with Gasteiger partial charge >= 0.3 is 0 Å². The highest BCUT2D eigenvalue weighted by Crippen LogP contribution is 2.26. The maximum Gasteiger partial charge on any atom is 0.0837 e. The van der Waals surface area contributed by atoms with Crippen molar-refractivity contribution in [3.05, 3.63) is 0 Å². The lowest BCUT2D eigenvalue weighted by molar-refractivity contribution is -0.985. The molecule has 0 aromatic carbocycles. The molecule has 0 aliphatic carbocycles. The maximum absolute atomic E-state index is 2.42. The van der Waals surface area contributed by atoms with Crippen molar-refractivity contribution in [2.75, 3.05) is 6.54 Å². The second kappa shape index (κ2) is 17.8. The Bertz CT molecular complexity index is 296. The van der Waals surface area contributed by atoms with Crippen molar-refractivity contribution in [2.45, 2.75) is 169 Å². The topological polar surface area (TPSA) is 0 Å². The predicted molar refractivity (Wildman–Crippen MR) is 130 cm³/mol. The third kappa shape index (κ3) is 11.8. The molecule has 0 unspecified atom stereocenters. The molecule has 0 aliphatic heterocycles. The van der Waals surface area contributed by atoms with Crippen LogP contribution in [0.25, 0.3) is 0 Å². The Hall–Kier alpha value is -0.0400. The van der Waals surface area contributed by atoms with E-state index in [1.165, 1.54) is 114 Å². The largest absolute Gasteiger partial charge is 0.318 e. The summed E-state index contributed by atoms with van der Waals surface area (Å²) in [5.74, 6) is 0. The Morgan fingerprint density at radius 2 is 0.643 bits per heavy atom. The predicted octanol–water partition coefficient (Wildman–Crippen LogP) is 9.29. The molecule has 170 valence electrons. The molecule has 0 saturated carbocycles. The van der Waals surface area contributed by atoms with Gasteiger partial charge in [0.25, 0.3) is 0 Å². The minimum Gasteiger partial charge on any atom is -0.318 e. The zero-order chi connectivity index (χ0) is 21.3. The fourth-order valence-electron chi connectivity index (χ4n) is 5.50. The zero-order valence-electron chi connectivity index (χ0n) is 21.2. The summed E-state index contributed by atoms with van der Waals surface area (Å²) in [7, 11) is 0. The highest BCUT2D eigenvalue weighted by molar-refractivity contribution is 4.59. The van der Waals surface area contributed by atoms with Crippen molar-refractivity contribution in [3.8, 4) is 0 Å². The van der Waals surface area contributed by atoms with Crippen LogP contribution in [0.2, 0.25) is 0 Å². The fourth-order valence-corrected chi connectivity index (χ4v) is 5.50. The second-order valence-corrected chi connectivity index (χ2v) is 10.3. The highest BCUT2D eigenvalue weighted by Gasteiger charge is 2.37. The summed E-state index contributed by atoms with van der Waals surface area (Å²) in [5, 5.41) is 0. The molecule has 0 fully saturated rings. The summed E-state index contributed by atoms with van der Waals surface area (Å²) in [6, 6.07) is 2.20. The maximum atomic E-state index is 2.42. The third-order valence-electron chi connectivity index (χ3n) is 7.28. The van der Waals surface area contributed by atoms with Crippen molar-refractivity contribution in [1.82, 2.24) is 0 Å². The molecular formula is C27H58N+. The SMILES string of the molecule is CCCCCCCCCCCCCCCCCC[N+](C(C)C)(C(C)C)C(C)C. The van der Waals surface area contributed by atoms with E-state index in [4.69, 9.17) is 0 Å². The molecule has 0 rings (SSSR count). The molecule has 0 saturated heterocycles. The van der Waals surface area contributed by atoms with Crippen molar-refractivity contribution < 1.29 is 4.48 Å². The normalized spacial score (nSPS) is 12.6. The molecule has 0 atom stereocenters. The van der Waals surface area contributed by atoms with Crippen LogP contribution in [0.15, 0.2) is 0 Å². The fraction of sp³-hybridized carbons (Fsp3) is 1.00. The van der Waals surface area contributed by atoms with Gasteiger partial charge in [-0.05, 0) is 54.4 Å². The second-order valence-electron chi connectivity index (χ2n) is 10.3. The molecule has 1 nitrogen and oxygen atoms in total. The molecule has 0 spiro atoms. The van der Waals surface area contributed by atoms with Gasteiger partial charge < -0.3 is 4.48 Å². The number of rotatable bonds is 20. The summed E-state index contributed by atoms with van der Waals surface area (Å²) in [6.07, 6.45) is 23.3. The lowest BCUT2D eigenvalue weighted by Gasteiger charge is -2.49. The van der Waals surface area contributed by atoms with Gasteiger partial charge in [-0.1, -0.05) is 96.8 Å². The number of unbranched alkanes of at least 4 members (excludes halogenated alkanes) is 15. The molecule has 0 heterocycles. The van der Waals surface area contributed by atoms with Crippen molar-refractivity contribution in [1.29, 1.82) is 0 Å². The van der Waals surface area contributed by atoms with E-state index >= 15 is 0 Å². The molecular weight excluding hydrogens is 338 g/mol. The van der Waals surface area contributed by atoms with Crippen LogP contribution in [-0.4, -0.2) is 29.2 Å². The molecule has 0 bridgehead atoms. The van der Waals surface area contributed by atoms with Gasteiger partial charge in [-0.25, -0.2) is 0 Å². The smallest absolute Gasteiger partial charge is 0.0837 e. The van der Waals surface area contributed by atoms with Crippen LogP contribution in [0, 0.1) is 0 Å². The summed E-state index contributed by atoms with van der Waals surface area (Å²) < 4.78 is 1.29. The molecule has 0 aliphatic rings. The number of quaternary nitrogens is 1. The van der Waals surface area contributed by atoms with E-state index in [0.717, 1.165) is 18.1 Å².